The molecule has 3 heterocycles. The lowest BCUT2D eigenvalue weighted by Gasteiger charge is -2.29. The fraction of sp³-hybridized carbons (Fsp3) is 0.684. The van der Waals surface area contributed by atoms with E-state index in [1.807, 2.05) is 0 Å². The highest BCUT2D eigenvalue weighted by atomic mass is 32.2. The van der Waals surface area contributed by atoms with Gasteiger partial charge >= 0.3 is 0 Å². The minimum atomic E-state index is -3.05. The highest BCUT2D eigenvalue weighted by Crippen LogP contribution is 2.47. The summed E-state index contributed by atoms with van der Waals surface area (Å²) in [6.45, 7) is 0.898. The number of piperidine rings is 1. The normalized spacial score (nSPS) is 26.6. The molecule has 12 heteroatoms. The average molecular weight is 462 g/mol. The molecule has 3 fully saturated rings. The molecule has 0 spiro atoms. The fourth-order valence-electron chi connectivity index (χ4n) is 4.26. The number of rotatable bonds is 3. The molecule has 172 valence electrons. The molecule has 2 saturated carbocycles. The van der Waals surface area contributed by atoms with E-state index in [1.165, 1.54) is 10.5 Å². The van der Waals surface area contributed by atoms with Crippen LogP contribution in [-0.2, 0) is 10.0 Å². The Morgan fingerprint density at radius 1 is 1.19 bits per heavy atom. The number of aliphatic hydroxyl groups excluding tert-OH is 1. The smallest absolute Gasteiger partial charge is 0.256 e. The summed E-state index contributed by atoms with van der Waals surface area (Å²) in [5, 5.41) is 13.0. The molecule has 0 aromatic carbocycles. The first-order chi connectivity index (χ1) is 14.6. The average Bonchev–Trinajstić information content (AvgIpc) is 3.45. The number of halogens is 3. The third kappa shape index (κ3) is 4.51. The lowest BCUT2D eigenvalue weighted by Crippen LogP contribution is -2.43. The highest BCUT2D eigenvalue weighted by molar-refractivity contribution is 7.90. The largest absolute Gasteiger partial charge is 0.392 e. The predicted molar refractivity (Wildman–Crippen MR) is 108 cm³/mol. The summed E-state index contributed by atoms with van der Waals surface area (Å²) < 4.78 is 67.1. The van der Waals surface area contributed by atoms with Crippen molar-refractivity contribution in [3.63, 3.8) is 0 Å². The Hall–Kier alpha value is -1.92. The Balaban J connectivity index is 0.000000158. The molecule has 8 nitrogen and oxygen atoms in total. The van der Waals surface area contributed by atoms with E-state index < -0.39 is 33.8 Å². The number of nitrogens with zero attached hydrogens (tertiary/aromatic N) is 4. The molecule has 2 aliphatic carbocycles. The molecule has 3 N–H and O–H groups in total. The molecule has 0 amide bonds. The van der Waals surface area contributed by atoms with Crippen LogP contribution < -0.4 is 5.73 Å². The number of anilines is 1. The molecular formula is C19H26F3N5O3S. The summed E-state index contributed by atoms with van der Waals surface area (Å²) >= 11 is 0. The van der Waals surface area contributed by atoms with Gasteiger partial charge in [0.2, 0.25) is 16.0 Å². The van der Waals surface area contributed by atoms with Crippen molar-refractivity contribution in [1.29, 1.82) is 0 Å². The number of aromatic nitrogens is 3. The summed E-state index contributed by atoms with van der Waals surface area (Å²) in [7, 11) is -3.05. The lowest BCUT2D eigenvalue weighted by atomic mass is 10.0. The van der Waals surface area contributed by atoms with Crippen LogP contribution in [0, 0.1) is 5.82 Å². The van der Waals surface area contributed by atoms with E-state index in [1.54, 1.807) is 0 Å². The molecule has 0 bridgehead atoms. The van der Waals surface area contributed by atoms with Crippen molar-refractivity contribution in [2.45, 2.75) is 68.1 Å². The second kappa shape index (κ2) is 8.21. The maximum atomic E-state index is 13.7. The Morgan fingerprint density at radius 3 is 2.55 bits per heavy atom. The van der Waals surface area contributed by atoms with Gasteiger partial charge < -0.3 is 10.8 Å². The maximum Gasteiger partial charge on any atom is 0.256 e. The van der Waals surface area contributed by atoms with Crippen LogP contribution in [0.1, 0.15) is 56.6 Å². The topological polar surface area (TPSA) is 114 Å². The molecule has 2 atom stereocenters. The Labute approximate surface area is 178 Å². The first kappa shape index (κ1) is 22.3. The maximum absolute atomic E-state index is 13.7. The third-order valence-corrected chi connectivity index (χ3v) is 8.41. The van der Waals surface area contributed by atoms with Crippen molar-refractivity contribution in [2.75, 3.05) is 18.8 Å². The van der Waals surface area contributed by atoms with Gasteiger partial charge in [0.25, 0.3) is 5.92 Å². The summed E-state index contributed by atoms with van der Waals surface area (Å²) in [4.78, 5) is 3.66. The van der Waals surface area contributed by atoms with Gasteiger partial charge in [0.1, 0.15) is 5.52 Å². The SMILES string of the molecule is Nc1ncc2c(F)cc(C3CCCC3(F)F)n2n1.O=S(=O)(C1CC1)N1CCCC(O)C1. The standard InChI is InChI=1S/C11H11F3N4.C8H15NO3S/c12-7-4-8(6-2-1-3-11(6,13)14)18-9(7)5-16-10(15)17-18;10-7-2-1-5-9(6-7)13(11,12)8-3-4-8/h4-6H,1-3H2,(H2,15,17);7-8,10H,1-6H2. The van der Waals surface area contributed by atoms with E-state index in [0.29, 0.717) is 25.9 Å². The quantitative estimate of drug-likeness (QED) is 0.725. The molecule has 31 heavy (non-hydrogen) atoms. The Morgan fingerprint density at radius 2 is 1.94 bits per heavy atom. The van der Waals surface area contributed by atoms with Gasteiger partial charge in [-0.15, -0.1) is 5.10 Å². The molecular weight excluding hydrogens is 435 g/mol. The van der Waals surface area contributed by atoms with Crippen LogP contribution in [0.25, 0.3) is 5.52 Å². The van der Waals surface area contributed by atoms with Crippen molar-refractivity contribution < 1.29 is 26.7 Å². The molecule has 2 aromatic rings. The highest BCUT2D eigenvalue weighted by Gasteiger charge is 2.46. The van der Waals surface area contributed by atoms with Gasteiger partial charge in [-0.2, -0.15) is 4.31 Å². The van der Waals surface area contributed by atoms with Crippen LogP contribution in [-0.4, -0.2) is 62.8 Å². The zero-order valence-corrected chi connectivity index (χ0v) is 17.7. The first-order valence-electron chi connectivity index (χ1n) is 10.4. The third-order valence-electron chi connectivity index (χ3n) is 6.05. The predicted octanol–water partition coefficient (Wildman–Crippen LogP) is 2.29. The molecule has 2 unspecified atom stereocenters. The van der Waals surface area contributed by atoms with Gasteiger partial charge in [-0.25, -0.2) is 31.1 Å². The minimum absolute atomic E-state index is 0.0688. The van der Waals surface area contributed by atoms with Crippen LogP contribution in [0.3, 0.4) is 0 Å². The molecule has 1 aliphatic heterocycles. The van der Waals surface area contributed by atoms with Crippen molar-refractivity contribution in [3.8, 4) is 0 Å². The Kier molecular flexibility index (Phi) is 5.90. The summed E-state index contributed by atoms with van der Waals surface area (Å²) in [6, 6.07) is 1.10. The second-order valence-electron chi connectivity index (χ2n) is 8.43. The monoisotopic (exact) mass is 461 g/mol. The lowest BCUT2D eigenvalue weighted by molar-refractivity contribution is -0.0105. The van der Waals surface area contributed by atoms with Gasteiger partial charge in [0, 0.05) is 19.5 Å². The van der Waals surface area contributed by atoms with E-state index in [4.69, 9.17) is 5.73 Å². The van der Waals surface area contributed by atoms with Crippen LogP contribution in [0.2, 0.25) is 0 Å². The number of nitrogen functional groups attached to an aromatic ring is 1. The number of nitrogens with two attached hydrogens (primary N) is 1. The Bertz CT molecular complexity index is 1060. The number of β-amino-alcohol motifs (C(OH)–C–C–N with tert-alkyl or cyclic N) is 1. The van der Waals surface area contributed by atoms with Crippen molar-refractivity contribution in [3.05, 3.63) is 23.8 Å². The van der Waals surface area contributed by atoms with Crippen molar-refractivity contribution in [1.82, 2.24) is 18.9 Å². The number of aliphatic hydroxyl groups is 1. The van der Waals surface area contributed by atoms with E-state index >= 15 is 0 Å². The number of hydrogen-bond acceptors (Lipinski definition) is 6. The fourth-order valence-corrected chi connectivity index (χ4v) is 6.17. The molecule has 1 saturated heterocycles. The van der Waals surface area contributed by atoms with Gasteiger partial charge in [-0.05, 0) is 44.6 Å². The van der Waals surface area contributed by atoms with Crippen molar-refractivity contribution in [2.24, 2.45) is 0 Å². The van der Waals surface area contributed by atoms with Gasteiger partial charge in [-0.3, -0.25) is 0 Å². The second-order valence-corrected chi connectivity index (χ2v) is 10.6. The minimum Gasteiger partial charge on any atom is -0.392 e. The van der Waals surface area contributed by atoms with Crippen LogP contribution >= 0.6 is 0 Å². The number of sulfonamides is 1. The van der Waals surface area contributed by atoms with Gasteiger partial charge in [0.15, 0.2) is 5.82 Å². The zero-order valence-electron chi connectivity index (χ0n) is 16.9. The van der Waals surface area contributed by atoms with Crippen molar-refractivity contribution >= 4 is 21.5 Å². The molecule has 3 aliphatic rings. The van der Waals surface area contributed by atoms with Gasteiger partial charge in [-0.1, -0.05) is 0 Å². The summed E-state index contributed by atoms with van der Waals surface area (Å²) in [5.74, 6) is -4.50. The number of hydrogen-bond donors (Lipinski definition) is 2. The summed E-state index contributed by atoms with van der Waals surface area (Å²) in [5.41, 5.74) is 5.65. The molecule has 0 radical (unpaired) electrons. The van der Waals surface area contributed by atoms with E-state index in [9.17, 15) is 26.7 Å². The van der Waals surface area contributed by atoms with Crippen LogP contribution in [0.15, 0.2) is 12.3 Å². The molecule has 5 rings (SSSR count). The first-order valence-corrected chi connectivity index (χ1v) is 11.9. The summed E-state index contributed by atoms with van der Waals surface area (Å²) in [6.07, 6.45) is 4.44. The van der Waals surface area contributed by atoms with E-state index in [-0.39, 0.29) is 28.8 Å². The number of alkyl halides is 2. The van der Waals surface area contributed by atoms with Crippen LogP contribution in [0.5, 0.6) is 0 Å². The number of fused-ring (bicyclic) bond motifs is 1. The molecule has 2 aromatic heterocycles. The van der Waals surface area contributed by atoms with Gasteiger partial charge in [0.05, 0.1) is 29.2 Å². The van der Waals surface area contributed by atoms with E-state index in [0.717, 1.165) is 36.3 Å². The van der Waals surface area contributed by atoms with Crippen LogP contribution in [0.4, 0.5) is 19.1 Å². The zero-order chi connectivity index (χ0) is 22.4. The van der Waals surface area contributed by atoms with E-state index in [2.05, 4.69) is 10.1 Å².